The van der Waals surface area contributed by atoms with E-state index in [0.29, 0.717) is 12.8 Å². The zero-order valence-electron chi connectivity index (χ0n) is 39.5. The molecule has 15 heteroatoms. The number of aliphatic hydroxyl groups excluding tert-OH is 7. The monoisotopic (exact) mass is 919 g/mol. The number of unbranched alkanes of at least 4 members (excludes halogenated alkanes) is 23. The van der Waals surface area contributed by atoms with Gasteiger partial charge in [-0.1, -0.05) is 154 Å². The van der Waals surface area contributed by atoms with E-state index in [-0.39, 0.29) is 26.1 Å². The van der Waals surface area contributed by atoms with Crippen molar-refractivity contribution in [2.45, 2.75) is 261 Å². The zero-order valence-corrected chi connectivity index (χ0v) is 39.5. The molecule has 0 saturated carbocycles. The van der Waals surface area contributed by atoms with Crippen LogP contribution in [0, 0.1) is 0 Å². The number of allylic oxidation sites excluding steroid dienone is 2. The van der Waals surface area contributed by atoms with E-state index in [9.17, 15) is 45.3 Å². The molecule has 0 amide bonds. The molecule has 64 heavy (non-hydrogen) atoms. The lowest BCUT2D eigenvalue weighted by molar-refractivity contribution is -0.332. The molecule has 0 bridgehead atoms. The van der Waals surface area contributed by atoms with Crippen molar-refractivity contribution in [2.24, 2.45) is 0 Å². The fraction of sp³-hybridized carbons (Fsp3) is 0.918. The van der Waals surface area contributed by atoms with E-state index in [1.807, 2.05) is 0 Å². The van der Waals surface area contributed by atoms with Gasteiger partial charge in [0, 0.05) is 12.8 Å². The number of hydrogen-bond acceptors (Lipinski definition) is 15. The smallest absolute Gasteiger partial charge is 0.306 e. The summed E-state index contributed by atoms with van der Waals surface area (Å²) in [6, 6.07) is 0. The first kappa shape index (κ1) is 58.4. The predicted octanol–water partition coefficient (Wildman–Crippen LogP) is 6.60. The van der Waals surface area contributed by atoms with Crippen LogP contribution in [0.15, 0.2) is 12.2 Å². The molecule has 0 aliphatic carbocycles. The summed E-state index contributed by atoms with van der Waals surface area (Å²) in [5, 5.41) is 72.0. The van der Waals surface area contributed by atoms with Crippen molar-refractivity contribution in [3.63, 3.8) is 0 Å². The molecule has 0 spiro atoms. The van der Waals surface area contributed by atoms with Crippen molar-refractivity contribution >= 4 is 11.9 Å². The van der Waals surface area contributed by atoms with Gasteiger partial charge in [0.15, 0.2) is 18.7 Å². The highest BCUT2D eigenvalue weighted by Crippen LogP contribution is 2.26. The van der Waals surface area contributed by atoms with E-state index in [1.165, 1.54) is 96.3 Å². The lowest BCUT2D eigenvalue weighted by Gasteiger charge is -2.42. The van der Waals surface area contributed by atoms with Gasteiger partial charge in [-0.15, -0.1) is 0 Å². The second kappa shape index (κ2) is 37.2. The fourth-order valence-electron chi connectivity index (χ4n) is 8.04. The third-order valence-electron chi connectivity index (χ3n) is 12.2. The second-order valence-electron chi connectivity index (χ2n) is 18.0. The number of rotatable bonds is 39. The molecule has 11 atom stereocenters. The maximum Gasteiger partial charge on any atom is 0.306 e. The molecule has 0 radical (unpaired) electrons. The molecule has 15 nitrogen and oxygen atoms in total. The lowest BCUT2D eigenvalue weighted by Crippen LogP contribution is -2.61. The highest BCUT2D eigenvalue weighted by molar-refractivity contribution is 5.70. The van der Waals surface area contributed by atoms with Crippen LogP contribution < -0.4 is 0 Å². The van der Waals surface area contributed by atoms with Crippen molar-refractivity contribution in [1.82, 2.24) is 0 Å². The van der Waals surface area contributed by atoms with E-state index in [1.54, 1.807) is 0 Å². The second-order valence-corrected chi connectivity index (χ2v) is 18.0. The van der Waals surface area contributed by atoms with Crippen LogP contribution >= 0.6 is 0 Å². The van der Waals surface area contributed by atoms with Crippen molar-refractivity contribution in [2.75, 3.05) is 26.4 Å². The molecule has 2 fully saturated rings. The Labute approximate surface area is 384 Å². The van der Waals surface area contributed by atoms with Gasteiger partial charge in [0.25, 0.3) is 0 Å². The van der Waals surface area contributed by atoms with E-state index < -0.39 is 92.7 Å². The van der Waals surface area contributed by atoms with Crippen molar-refractivity contribution in [1.29, 1.82) is 0 Å². The molecule has 376 valence electrons. The molecular weight excluding hydrogens is 829 g/mol. The summed E-state index contributed by atoms with van der Waals surface area (Å²) >= 11 is 0. The summed E-state index contributed by atoms with van der Waals surface area (Å²) in [4.78, 5) is 25.7. The zero-order chi connectivity index (χ0) is 46.8. The van der Waals surface area contributed by atoms with Crippen LogP contribution in [0.25, 0.3) is 0 Å². The Morgan fingerprint density at radius 3 is 1.38 bits per heavy atom. The van der Waals surface area contributed by atoms with Gasteiger partial charge >= 0.3 is 11.9 Å². The van der Waals surface area contributed by atoms with Crippen LogP contribution in [0.1, 0.15) is 194 Å². The van der Waals surface area contributed by atoms with Crippen LogP contribution in [0.4, 0.5) is 0 Å². The summed E-state index contributed by atoms with van der Waals surface area (Å²) in [6.45, 7) is 2.58. The maximum absolute atomic E-state index is 13.0. The molecule has 2 saturated heterocycles. The molecule has 11 unspecified atom stereocenters. The predicted molar refractivity (Wildman–Crippen MR) is 243 cm³/mol. The topological polar surface area (TPSA) is 231 Å². The molecule has 0 aromatic rings. The standard InChI is InChI=1S/C49H90O15/c1-3-5-7-9-11-13-15-17-19-21-23-25-27-29-31-40(51)59-34-37(62-41(52)32-30-28-26-24-22-20-18-16-14-12-10-8-6-4-2)35-60-48-47(58)45(56)43(54)39(64-48)36-61-49-46(57)44(55)42(53)38(33-50)63-49/h16,18,37-39,42-50,53-58H,3-15,17,19-36H2,1-2H3/b18-16-. The summed E-state index contributed by atoms with van der Waals surface area (Å²) in [5.41, 5.74) is 0. The van der Waals surface area contributed by atoms with Gasteiger partial charge in [0.05, 0.1) is 19.8 Å². The van der Waals surface area contributed by atoms with Gasteiger partial charge in [-0.05, 0) is 38.5 Å². The van der Waals surface area contributed by atoms with Crippen LogP contribution in [0.2, 0.25) is 0 Å². The Kier molecular flexibility index (Phi) is 34.0. The van der Waals surface area contributed by atoms with Crippen molar-refractivity contribution in [3.05, 3.63) is 12.2 Å². The minimum Gasteiger partial charge on any atom is -0.462 e. The number of esters is 2. The van der Waals surface area contributed by atoms with Gasteiger partial charge in [-0.25, -0.2) is 0 Å². The number of carbonyl (C=O) groups is 2. The molecule has 7 N–H and O–H groups in total. The van der Waals surface area contributed by atoms with Crippen LogP contribution in [-0.4, -0.2) is 142 Å². The number of hydrogen-bond donors (Lipinski definition) is 7. The first-order chi connectivity index (χ1) is 31.0. The Hall–Kier alpha value is -1.76. The molecule has 2 rings (SSSR count). The fourth-order valence-corrected chi connectivity index (χ4v) is 8.04. The lowest BCUT2D eigenvalue weighted by atomic mass is 9.98. The van der Waals surface area contributed by atoms with Crippen LogP contribution in [0.5, 0.6) is 0 Å². The molecule has 2 aliphatic heterocycles. The third-order valence-corrected chi connectivity index (χ3v) is 12.2. The molecule has 0 aromatic heterocycles. The first-order valence-corrected chi connectivity index (χ1v) is 25.3. The largest absolute Gasteiger partial charge is 0.462 e. The van der Waals surface area contributed by atoms with E-state index >= 15 is 0 Å². The Morgan fingerprint density at radius 2 is 0.891 bits per heavy atom. The van der Waals surface area contributed by atoms with Crippen molar-refractivity contribution < 1.29 is 73.8 Å². The molecule has 2 heterocycles. The quantitative estimate of drug-likeness (QED) is 0.0196. The highest BCUT2D eigenvalue weighted by atomic mass is 16.7. The van der Waals surface area contributed by atoms with Gasteiger partial charge in [0.2, 0.25) is 0 Å². The van der Waals surface area contributed by atoms with Crippen LogP contribution in [-0.2, 0) is 38.0 Å². The average Bonchev–Trinajstić information content (AvgIpc) is 3.29. The van der Waals surface area contributed by atoms with Gasteiger partial charge in [0.1, 0.15) is 55.4 Å². The van der Waals surface area contributed by atoms with E-state index in [2.05, 4.69) is 26.0 Å². The van der Waals surface area contributed by atoms with Crippen molar-refractivity contribution in [3.8, 4) is 0 Å². The summed E-state index contributed by atoms with van der Waals surface area (Å²) in [7, 11) is 0. The third kappa shape index (κ3) is 25.4. The first-order valence-electron chi connectivity index (χ1n) is 25.3. The van der Waals surface area contributed by atoms with Crippen LogP contribution in [0.3, 0.4) is 0 Å². The highest BCUT2D eigenvalue weighted by Gasteiger charge is 2.47. The number of carbonyl (C=O) groups excluding carboxylic acids is 2. The minimum absolute atomic E-state index is 0.159. The minimum atomic E-state index is -1.76. The SMILES string of the molecule is CCCCCCC/C=C\CCCCCCCC(=O)OC(COC(=O)CCCCCCCCCCCCCCCC)COC1OC(COC2OC(CO)C(O)C(O)C2O)C(O)C(O)C1O. The molecule has 0 aromatic carbocycles. The summed E-state index contributed by atoms with van der Waals surface area (Å²) in [5.74, 6) is -0.926. The number of aliphatic hydroxyl groups is 7. The van der Waals surface area contributed by atoms with E-state index in [0.717, 1.165) is 57.8 Å². The van der Waals surface area contributed by atoms with E-state index in [4.69, 9.17) is 28.4 Å². The normalized spacial score (nSPS) is 26.6. The number of ether oxygens (including phenoxy) is 6. The van der Waals surface area contributed by atoms with Gasteiger partial charge in [-0.3, -0.25) is 9.59 Å². The Morgan fingerprint density at radius 1 is 0.484 bits per heavy atom. The van der Waals surface area contributed by atoms with Gasteiger partial charge in [-0.2, -0.15) is 0 Å². The molecule has 2 aliphatic rings. The average molecular weight is 919 g/mol. The molecular formula is C49H90O15. The maximum atomic E-state index is 13.0. The summed E-state index contributed by atoms with van der Waals surface area (Å²) < 4.78 is 33.5. The van der Waals surface area contributed by atoms with Gasteiger partial charge < -0.3 is 64.2 Å². The Bertz CT molecular complexity index is 1170. The summed E-state index contributed by atoms with van der Waals surface area (Å²) in [6.07, 6.45) is 18.1. The Balaban J connectivity index is 1.82.